The van der Waals surface area contributed by atoms with Crippen LogP contribution in [0.1, 0.15) is 4.88 Å². The number of halogens is 1. The number of nitrogens with one attached hydrogen (secondary N) is 1. The Morgan fingerprint density at radius 1 is 1.27 bits per heavy atom. The highest BCUT2D eigenvalue weighted by Gasteiger charge is 2.08. The first-order chi connectivity index (χ1) is 10.6. The predicted molar refractivity (Wildman–Crippen MR) is 86.5 cm³/mol. The summed E-state index contributed by atoms with van der Waals surface area (Å²) in [6.07, 6.45) is 0. The molecule has 1 heterocycles. The van der Waals surface area contributed by atoms with Gasteiger partial charge in [-0.15, -0.1) is 23.1 Å². The van der Waals surface area contributed by atoms with Crippen molar-refractivity contribution >= 4 is 40.7 Å². The van der Waals surface area contributed by atoms with Crippen molar-refractivity contribution in [2.75, 3.05) is 17.7 Å². The Morgan fingerprint density at radius 2 is 2.14 bits per heavy atom. The highest BCUT2D eigenvalue weighted by molar-refractivity contribution is 7.99. The maximum atomic E-state index is 12.9. The minimum absolute atomic E-state index is 0.186. The first-order valence-corrected chi connectivity index (χ1v) is 8.48. The van der Waals surface area contributed by atoms with Gasteiger partial charge in [0, 0.05) is 16.3 Å². The van der Waals surface area contributed by atoms with Gasteiger partial charge >= 0.3 is 5.97 Å². The number of carbonyl (C=O) groups excluding carboxylic acids is 2. The summed E-state index contributed by atoms with van der Waals surface area (Å²) in [5.41, 5.74) is 0.327. The van der Waals surface area contributed by atoms with Gasteiger partial charge in [0.05, 0.1) is 5.75 Å². The van der Waals surface area contributed by atoms with Crippen molar-refractivity contribution in [3.05, 3.63) is 52.5 Å². The second kappa shape index (κ2) is 8.55. The van der Waals surface area contributed by atoms with E-state index in [2.05, 4.69) is 5.32 Å². The second-order valence-electron chi connectivity index (χ2n) is 4.29. The van der Waals surface area contributed by atoms with Crippen molar-refractivity contribution in [3.8, 4) is 0 Å². The molecule has 0 bridgehead atoms. The fraction of sp³-hybridized carbons (Fsp3) is 0.200. The molecule has 0 atom stereocenters. The quantitative estimate of drug-likeness (QED) is 0.787. The Bertz CT molecular complexity index is 631. The standard InChI is InChI=1S/C15H14FNO3S2/c16-11-3-1-4-12(7-11)17-14(18)8-20-15(19)10-21-9-13-5-2-6-22-13/h1-7H,8-10H2,(H,17,18). The van der Waals surface area contributed by atoms with Gasteiger partial charge in [0.25, 0.3) is 5.91 Å². The zero-order valence-corrected chi connectivity index (χ0v) is 13.2. The number of ether oxygens (including phenoxy) is 1. The molecule has 0 unspecified atom stereocenters. The average Bonchev–Trinajstić information content (AvgIpc) is 2.98. The Hall–Kier alpha value is -1.86. The monoisotopic (exact) mass is 339 g/mol. The Labute approximate surface area is 135 Å². The Kier molecular flexibility index (Phi) is 6.42. The molecule has 0 fully saturated rings. The summed E-state index contributed by atoms with van der Waals surface area (Å²) in [6, 6.07) is 9.46. The molecule has 0 saturated heterocycles. The lowest BCUT2D eigenvalue weighted by Gasteiger charge is -2.06. The van der Waals surface area contributed by atoms with E-state index >= 15 is 0 Å². The van der Waals surface area contributed by atoms with Crippen LogP contribution in [0.5, 0.6) is 0 Å². The summed E-state index contributed by atoms with van der Waals surface area (Å²) < 4.78 is 17.8. The topological polar surface area (TPSA) is 55.4 Å². The number of thioether (sulfide) groups is 1. The molecule has 1 N–H and O–H groups in total. The summed E-state index contributed by atoms with van der Waals surface area (Å²) in [7, 11) is 0. The van der Waals surface area contributed by atoms with Crippen molar-refractivity contribution < 1.29 is 18.7 Å². The molecule has 2 aromatic rings. The SMILES string of the molecule is O=C(COC(=O)CSCc1cccs1)Nc1cccc(F)c1. The van der Waals surface area contributed by atoms with Gasteiger partial charge in [-0.1, -0.05) is 12.1 Å². The number of hydrogen-bond donors (Lipinski definition) is 1. The number of rotatable bonds is 7. The van der Waals surface area contributed by atoms with E-state index in [1.807, 2.05) is 17.5 Å². The van der Waals surface area contributed by atoms with Crippen LogP contribution in [-0.2, 0) is 20.1 Å². The highest BCUT2D eigenvalue weighted by atomic mass is 32.2. The third kappa shape index (κ3) is 5.87. The number of thiophene rings is 1. The summed E-state index contributed by atoms with van der Waals surface area (Å²) in [6.45, 7) is -0.380. The molecule has 0 radical (unpaired) electrons. The van der Waals surface area contributed by atoms with Crippen LogP contribution in [0.25, 0.3) is 0 Å². The van der Waals surface area contributed by atoms with Crippen LogP contribution in [-0.4, -0.2) is 24.2 Å². The molecule has 0 aliphatic carbocycles. The third-order valence-electron chi connectivity index (χ3n) is 2.52. The average molecular weight is 339 g/mol. The number of esters is 1. The maximum Gasteiger partial charge on any atom is 0.316 e. The number of carbonyl (C=O) groups is 2. The number of amides is 1. The van der Waals surface area contributed by atoms with E-state index in [0.717, 1.165) is 5.75 Å². The fourth-order valence-corrected chi connectivity index (χ4v) is 3.24. The lowest BCUT2D eigenvalue weighted by atomic mass is 10.3. The molecule has 4 nitrogen and oxygen atoms in total. The van der Waals surface area contributed by atoms with Gasteiger partial charge in [0.1, 0.15) is 5.82 Å². The molecule has 0 aliphatic rings. The predicted octanol–water partition coefficient (Wildman–Crippen LogP) is 3.30. The molecule has 1 amide bonds. The van der Waals surface area contributed by atoms with Crippen LogP contribution < -0.4 is 5.32 Å². The van der Waals surface area contributed by atoms with E-state index in [-0.39, 0.29) is 12.4 Å². The maximum absolute atomic E-state index is 12.9. The Morgan fingerprint density at radius 3 is 2.86 bits per heavy atom. The summed E-state index contributed by atoms with van der Waals surface area (Å²) in [5, 5.41) is 4.43. The fourth-order valence-electron chi connectivity index (χ4n) is 1.58. The lowest BCUT2D eigenvalue weighted by Crippen LogP contribution is -2.21. The van der Waals surface area contributed by atoms with E-state index in [1.54, 1.807) is 17.4 Å². The van der Waals surface area contributed by atoms with Crippen LogP contribution in [0.15, 0.2) is 41.8 Å². The largest absolute Gasteiger partial charge is 0.455 e. The van der Waals surface area contributed by atoms with Crippen molar-refractivity contribution in [3.63, 3.8) is 0 Å². The zero-order valence-electron chi connectivity index (χ0n) is 11.6. The van der Waals surface area contributed by atoms with Crippen LogP contribution in [0.2, 0.25) is 0 Å². The van der Waals surface area contributed by atoms with Gasteiger partial charge in [-0.2, -0.15) is 0 Å². The van der Waals surface area contributed by atoms with Crippen LogP contribution in [0, 0.1) is 5.82 Å². The minimum atomic E-state index is -0.498. The molecule has 0 spiro atoms. The van der Waals surface area contributed by atoms with Crippen LogP contribution >= 0.6 is 23.1 Å². The van der Waals surface area contributed by atoms with Gasteiger partial charge in [0.15, 0.2) is 6.61 Å². The lowest BCUT2D eigenvalue weighted by molar-refractivity contribution is -0.144. The molecule has 2 rings (SSSR count). The molecule has 1 aromatic carbocycles. The Balaban J connectivity index is 1.64. The molecule has 7 heteroatoms. The first-order valence-electron chi connectivity index (χ1n) is 6.44. The van der Waals surface area contributed by atoms with Gasteiger partial charge in [-0.3, -0.25) is 9.59 Å². The summed E-state index contributed by atoms with van der Waals surface area (Å²) >= 11 is 3.06. The number of benzene rings is 1. The molecule has 0 aliphatic heterocycles. The number of anilines is 1. The van der Waals surface area contributed by atoms with Gasteiger partial charge in [0.2, 0.25) is 0 Å². The minimum Gasteiger partial charge on any atom is -0.455 e. The van der Waals surface area contributed by atoms with Crippen molar-refractivity contribution in [1.29, 1.82) is 0 Å². The zero-order chi connectivity index (χ0) is 15.8. The molecular formula is C15H14FNO3S2. The smallest absolute Gasteiger partial charge is 0.316 e. The van der Waals surface area contributed by atoms with Gasteiger partial charge in [-0.25, -0.2) is 4.39 Å². The van der Waals surface area contributed by atoms with E-state index in [4.69, 9.17) is 4.74 Å². The normalized spacial score (nSPS) is 10.2. The van der Waals surface area contributed by atoms with Crippen molar-refractivity contribution in [2.45, 2.75) is 5.75 Å². The summed E-state index contributed by atoms with van der Waals surface area (Å²) in [5.74, 6) is -0.467. The highest BCUT2D eigenvalue weighted by Crippen LogP contribution is 2.17. The molecule has 0 saturated carbocycles. The van der Waals surface area contributed by atoms with Gasteiger partial charge in [-0.05, 0) is 29.6 Å². The van der Waals surface area contributed by atoms with Crippen molar-refractivity contribution in [1.82, 2.24) is 0 Å². The molecule has 116 valence electrons. The van der Waals surface area contributed by atoms with Crippen LogP contribution in [0.3, 0.4) is 0 Å². The van der Waals surface area contributed by atoms with Crippen molar-refractivity contribution in [2.24, 2.45) is 0 Å². The second-order valence-corrected chi connectivity index (χ2v) is 6.31. The van der Waals surface area contributed by atoms with Crippen LogP contribution in [0.4, 0.5) is 10.1 Å². The van der Waals surface area contributed by atoms with E-state index < -0.39 is 17.7 Å². The van der Waals surface area contributed by atoms with E-state index in [1.165, 1.54) is 34.8 Å². The first kappa shape index (κ1) is 16.5. The van der Waals surface area contributed by atoms with Gasteiger partial charge < -0.3 is 10.1 Å². The molecule has 22 heavy (non-hydrogen) atoms. The van der Waals surface area contributed by atoms with E-state index in [9.17, 15) is 14.0 Å². The summed E-state index contributed by atoms with van der Waals surface area (Å²) in [4.78, 5) is 24.3. The molecular weight excluding hydrogens is 325 g/mol. The van der Waals surface area contributed by atoms with E-state index in [0.29, 0.717) is 5.69 Å². The third-order valence-corrected chi connectivity index (χ3v) is 4.53. The molecule has 1 aromatic heterocycles. The number of hydrogen-bond acceptors (Lipinski definition) is 5.